The van der Waals surface area contributed by atoms with Crippen LogP contribution >= 0.6 is 0 Å². The van der Waals surface area contributed by atoms with E-state index < -0.39 is 0 Å². The molecule has 1 aromatic carbocycles. The minimum atomic E-state index is 0.0586. The number of nitrogens with zero attached hydrogens (tertiary/aromatic N) is 2. The largest absolute Gasteiger partial charge is 0.489 e. The van der Waals surface area contributed by atoms with E-state index in [2.05, 4.69) is 34.6 Å². The summed E-state index contributed by atoms with van der Waals surface area (Å²) in [6.07, 6.45) is 6.38. The summed E-state index contributed by atoms with van der Waals surface area (Å²) in [5.74, 6) is 1.27. The van der Waals surface area contributed by atoms with Crippen LogP contribution in [0.15, 0.2) is 54.9 Å². The lowest BCUT2D eigenvalue weighted by Gasteiger charge is -2.32. The normalized spacial score (nSPS) is 23.1. The number of pyridine rings is 1. The Morgan fingerprint density at radius 3 is 2.64 bits per heavy atom. The van der Waals surface area contributed by atoms with Gasteiger partial charge in [-0.3, -0.25) is 4.98 Å². The number of piperidine rings is 1. The van der Waals surface area contributed by atoms with Crippen LogP contribution < -0.4 is 10.1 Å². The molecule has 1 aromatic heterocycles. The highest BCUT2D eigenvalue weighted by molar-refractivity contribution is 5.75. The van der Waals surface area contributed by atoms with Crippen LogP contribution in [0.5, 0.6) is 5.75 Å². The van der Waals surface area contributed by atoms with Crippen molar-refractivity contribution in [2.24, 2.45) is 0 Å². The first-order valence-electron chi connectivity index (χ1n) is 8.96. The van der Waals surface area contributed by atoms with E-state index in [0.717, 1.165) is 38.1 Å². The molecule has 2 heterocycles. The summed E-state index contributed by atoms with van der Waals surface area (Å²) < 4.78 is 5.93. The van der Waals surface area contributed by atoms with E-state index in [4.69, 9.17) is 4.74 Å². The Labute approximate surface area is 148 Å². The van der Waals surface area contributed by atoms with Crippen LogP contribution in [-0.4, -0.2) is 41.2 Å². The Morgan fingerprint density at radius 1 is 1.12 bits per heavy atom. The van der Waals surface area contributed by atoms with Crippen LogP contribution in [0, 0.1) is 0 Å². The minimum absolute atomic E-state index is 0.0586. The van der Waals surface area contributed by atoms with Crippen molar-refractivity contribution in [3.63, 3.8) is 0 Å². The number of urea groups is 1. The average Bonchev–Trinajstić information content (AvgIpc) is 3.43. The average molecular weight is 337 g/mol. The highest BCUT2D eigenvalue weighted by Gasteiger charge is 2.40. The Bertz CT molecular complexity index is 699. The van der Waals surface area contributed by atoms with E-state index in [-0.39, 0.29) is 18.2 Å². The number of hydrogen-bond donors (Lipinski definition) is 1. The van der Waals surface area contributed by atoms with E-state index in [9.17, 15) is 4.79 Å². The third kappa shape index (κ3) is 3.92. The van der Waals surface area contributed by atoms with Gasteiger partial charge in [-0.05, 0) is 24.1 Å². The highest BCUT2D eigenvalue weighted by atomic mass is 16.5. The molecule has 25 heavy (non-hydrogen) atoms. The molecule has 2 amide bonds. The van der Waals surface area contributed by atoms with Crippen molar-refractivity contribution < 1.29 is 9.53 Å². The molecule has 0 spiro atoms. The van der Waals surface area contributed by atoms with Gasteiger partial charge in [-0.2, -0.15) is 0 Å². The van der Waals surface area contributed by atoms with E-state index in [1.807, 2.05) is 23.1 Å². The minimum Gasteiger partial charge on any atom is -0.489 e. The molecule has 0 unspecified atom stereocenters. The first-order valence-corrected chi connectivity index (χ1v) is 8.96. The highest BCUT2D eigenvalue weighted by Crippen LogP contribution is 2.40. The quantitative estimate of drug-likeness (QED) is 0.932. The fourth-order valence-electron chi connectivity index (χ4n) is 3.46. The van der Waals surface area contributed by atoms with E-state index in [1.165, 1.54) is 5.56 Å². The van der Waals surface area contributed by atoms with Crippen molar-refractivity contribution >= 4 is 6.03 Å². The number of likely N-dealkylation sites (tertiary alicyclic amines) is 1. The standard InChI is InChI=1S/C20H23N3O2/c24-20(22-19-13-18(19)15-5-2-1-3-6-15)23-11-8-16(9-12-23)25-17-7-4-10-21-14-17/h1-7,10,14,16,18-19H,8-9,11-13H2,(H,22,24)/t18-,19+/m1/s1. The van der Waals surface area contributed by atoms with Crippen molar-refractivity contribution in [1.29, 1.82) is 0 Å². The van der Waals surface area contributed by atoms with Gasteiger partial charge < -0.3 is 15.0 Å². The monoisotopic (exact) mass is 337 g/mol. The van der Waals surface area contributed by atoms with Crippen molar-refractivity contribution in [3.8, 4) is 5.75 Å². The summed E-state index contributed by atoms with van der Waals surface area (Å²) in [6.45, 7) is 1.47. The van der Waals surface area contributed by atoms with Crippen molar-refractivity contribution in [2.45, 2.75) is 37.3 Å². The SMILES string of the molecule is O=C(N[C@H]1C[C@@H]1c1ccccc1)N1CCC(Oc2cccnc2)CC1. The van der Waals surface area contributed by atoms with Crippen molar-refractivity contribution in [3.05, 3.63) is 60.4 Å². The third-order valence-corrected chi connectivity index (χ3v) is 4.99. The molecule has 130 valence electrons. The lowest BCUT2D eigenvalue weighted by atomic mass is 10.1. The summed E-state index contributed by atoms with van der Waals surface area (Å²) >= 11 is 0. The van der Waals surface area contributed by atoms with E-state index in [0.29, 0.717) is 5.92 Å². The number of nitrogens with one attached hydrogen (secondary N) is 1. The Morgan fingerprint density at radius 2 is 1.92 bits per heavy atom. The van der Waals surface area contributed by atoms with Gasteiger partial charge in [0, 0.05) is 44.1 Å². The second kappa shape index (κ2) is 7.13. The fraction of sp³-hybridized carbons (Fsp3) is 0.400. The number of rotatable bonds is 4. The summed E-state index contributed by atoms with van der Waals surface area (Å²) in [5, 5.41) is 3.17. The number of amides is 2. The predicted octanol–water partition coefficient (Wildman–Crippen LogP) is 3.19. The van der Waals surface area contributed by atoms with Crippen molar-refractivity contribution in [1.82, 2.24) is 15.2 Å². The topological polar surface area (TPSA) is 54.5 Å². The van der Waals surface area contributed by atoms with Gasteiger partial charge >= 0.3 is 6.03 Å². The molecule has 4 rings (SSSR count). The second-order valence-electron chi connectivity index (χ2n) is 6.80. The van der Waals surface area contributed by atoms with Crippen LogP contribution in [0.25, 0.3) is 0 Å². The molecule has 0 radical (unpaired) electrons. The lowest BCUT2D eigenvalue weighted by molar-refractivity contribution is 0.110. The van der Waals surface area contributed by atoms with Gasteiger partial charge in [0.25, 0.3) is 0 Å². The molecule has 1 saturated heterocycles. The molecule has 1 N–H and O–H groups in total. The third-order valence-electron chi connectivity index (χ3n) is 4.99. The van der Waals surface area contributed by atoms with Gasteiger partial charge in [0.05, 0.1) is 6.20 Å². The van der Waals surface area contributed by atoms with Gasteiger partial charge in [-0.1, -0.05) is 30.3 Å². The second-order valence-corrected chi connectivity index (χ2v) is 6.80. The van der Waals surface area contributed by atoms with Crippen molar-refractivity contribution in [2.75, 3.05) is 13.1 Å². The van der Waals surface area contributed by atoms with Crippen LogP contribution in [0.1, 0.15) is 30.7 Å². The molecule has 2 aliphatic rings. The zero-order valence-corrected chi connectivity index (χ0v) is 14.2. The number of carbonyl (C=O) groups excluding carboxylic acids is 1. The van der Waals surface area contributed by atoms with E-state index in [1.54, 1.807) is 12.4 Å². The fourth-order valence-corrected chi connectivity index (χ4v) is 3.46. The molecule has 1 saturated carbocycles. The summed E-state index contributed by atoms with van der Waals surface area (Å²) in [7, 11) is 0. The summed E-state index contributed by atoms with van der Waals surface area (Å²) in [6, 6.07) is 14.5. The number of benzene rings is 1. The van der Waals surface area contributed by atoms with Gasteiger partial charge in [-0.15, -0.1) is 0 Å². The zero-order chi connectivity index (χ0) is 17.1. The van der Waals surface area contributed by atoms with Gasteiger partial charge in [0.1, 0.15) is 11.9 Å². The maximum atomic E-state index is 12.5. The van der Waals surface area contributed by atoms with Crippen LogP contribution in [0.3, 0.4) is 0 Å². The molecule has 0 bridgehead atoms. The van der Waals surface area contributed by atoms with Crippen LogP contribution in [0.2, 0.25) is 0 Å². The van der Waals surface area contributed by atoms with Gasteiger partial charge in [-0.25, -0.2) is 4.79 Å². The number of carbonyl (C=O) groups is 1. The number of aromatic nitrogens is 1. The first-order chi connectivity index (χ1) is 12.3. The first kappa shape index (κ1) is 15.9. The Kier molecular flexibility index (Phi) is 4.55. The molecular formula is C20H23N3O2. The summed E-state index contributed by atoms with van der Waals surface area (Å²) in [5.41, 5.74) is 1.32. The molecule has 1 aliphatic heterocycles. The van der Waals surface area contributed by atoms with Gasteiger partial charge in [0.15, 0.2) is 0 Å². The van der Waals surface area contributed by atoms with Gasteiger partial charge in [0.2, 0.25) is 0 Å². The lowest BCUT2D eigenvalue weighted by Crippen LogP contribution is -2.47. The Hall–Kier alpha value is -2.56. The molecule has 5 heteroatoms. The number of hydrogen-bond acceptors (Lipinski definition) is 3. The maximum Gasteiger partial charge on any atom is 0.317 e. The smallest absolute Gasteiger partial charge is 0.317 e. The zero-order valence-electron chi connectivity index (χ0n) is 14.2. The molecule has 5 nitrogen and oxygen atoms in total. The number of ether oxygens (including phenoxy) is 1. The summed E-state index contributed by atoms with van der Waals surface area (Å²) in [4.78, 5) is 18.4. The molecule has 2 atom stereocenters. The van der Waals surface area contributed by atoms with Crippen LogP contribution in [0.4, 0.5) is 4.79 Å². The maximum absolute atomic E-state index is 12.5. The molecule has 2 aromatic rings. The van der Waals surface area contributed by atoms with E-state index >= 15 is 0 Å². The predicted molar refractivity (Wildman–Crippen MR) is 95.6 cm³/mol. The molecular weight excluding hydrogens is 314 g/mol. The van der Waals surface area contributed by atoms with Crippen LogP contribution in [-0.2, 0) is 0 Å². The molecule has 2 fully saturated rings. The molecule has 1 aliphatic carbocycles. The Balaban J connectivity index is 1.22.